The molecule has 0 saturated heterocycles. The van der Waals surface area contributed by atoms with Crippen molar-refractivity contribution in [3.63, 3.8) is 0 Å². The molecule has 5 nitrogen and oxygen atoms in total. The summed E-state index contributed by atoms with van der Waals surface area (Å²) in [5, 5.41) is 5.73. The van der Waals surface area contributed by atoms with Crippen molar-refractivity contribution in [3.05, 3.63) is 95.6 Å². The fourth-order valence-corrected chi connectivity index (χ4v) is 3.49. The number of hydrogen-bond donors (Lipinski definition) is 2. The Kier molecular flexibility index (Phi) is 5.29. The van der Waals surface area contributed by atoms with E-state index in [0.717, 1.165) is 16.7 Å². The maximum atomic E-state index is 13.2. The Morgan fingerprint density at radius 1 is 0.862 bits per heavy atom. The van der Waals surface area contributed by atoms with Crippen LogP contribution in [0.4, 0.5) is 0 Å². The monoisotopic (exact) mass is 386 g/mol. The standard InChI is InChI=1S/C24H22N2O3/c1-16(23(27)25-15-17-9-3-2-4-10-17)26-24(28)22-18-11-5-7-13-20(18)29-21-14-8-6-12-19(21)22/h2-14,16,22H,15H2,1H3,(H,25,27)(H,26,28). The van der Waals surface area contributed by atoms with Gasteiger partial charge in [-0.15, -0.1) is 0 Å². The first kappa shape index (κ1) is 18.7. The number of rotatable bonds is 5. The number of nitrogens with one attached hydrogen (secondary N) is 2. The van der Waals surface area contributed by atoms with E-state index in [0.29, 0.717) is 18.0 Å². The van der Waals surface area contributed by atoms with Crippen LogP contribution in [0.25, 0.3) is 0 Å². The molecule has 0 bridgehead atoms. The molecule has 1 aliphatic heterocycles. The third kappa shape index (κ3) is 3.99. The molecule has 146 valence electrons. The van der Waals surface area contributed by atoms with Crippen LogP contribution in [0.2, 0.25) is 0 Å². The Hall–Kier alpha value is -3.60. The Morgan fingerprint density at radius 2 is 1.41 bits per heavy atom. The van der Waals surface area contributed by atoms with Gasteiger partial charge in [-0.1, -0.05) is 66.7 Å². The fraction of sp³-hybridized carbons (Fsp3) is 0.167. The fourth-order valence-electron chi connectivity index (χ4n) is 3.49. The lowest BCUT2D eigenvalue weighted by Gasteiger charge is -2.28. The quantitative estimate of drug-likeness (QED) is 0.702. The summed E-state index contributed by atoms with van der Waals surface area (Å²) in [6, 6.07) is 24.0. The Labute approximate surface area is 169 Å². The molecule has 3 aromatic rings. The third-order valence-electron chi connectivity index (χ3n) is 5.00. The summed E-state index contributed by atoms with van der Waals surface area (Å²) in [7, 11) is 0. The van der Waals surface area contributed by atoms with E-state index in [4.69, 9.17) is 4.74 Å². The average molecular weight is 386 g/mol. The van der Waals surface area contributed by atoms with Crippen molar-refractivity contribution in [2.24, 2.45) is 0 Å². The predicted octanol–water partition coefficient (Wildman–Crippen LogP) is 3.75. The SMILES string of the molecule is CC(NC(=O)C1c2ccccc2Oc2ccccc21)C(=O)NCc1ccccc1. The molecule has 29 heavy (non-hydrogen) atoms. The van der Waals surface area contributed by atoms with Crippen LogP contribution >= 0.6 is 0 Å². The molecule has 1 atom stereocenters. The first-order valence-corrected chi connectivity index (χ1v) is 9.61. The maximum Gasteiger partial charge on any atom is 0.242 e. The van der Waals surface area contributed by atoms with Crippen molar-refractivity contribution in [1.29, 1.82) is 0 Å². The highest BCUT2D eigenvalue weighted by Crippen LogP contribution is 2.43. The highest BCUT2D eigenvalue weighted by atomic mass is 16.5. The van der Waals surface area contributed by atoms with Gasteiger partial charge in [0.2, 0.25) is 11.8 Å². The van der Waals surface area contributed by atoms with E-state index in [2.05, 4.69) is 10.6 Å². The summed E-state index contributed by atoms with van der Waals surface area (Å²) in [6.45, 7) is 2.11. The second kappa shape index (κ2) is 8.19. The van der Waals surface area contributed by atoms with E-state index in [1.54, 1.807) is 6.92 Å². The second-order valence-electron chi connectivity index (χ2n) is 7.04. The minimum absolute atomic E-state index is 0.226. The minimum Gasteiger partial charge on any atom is -0.457 e. The van der Waals surface area contributed by atoms with Gasteiger partial charge in [0, 0.05) is 17.7 Å². The van der Waals surface area contributed by atoms with Crippen LogP contribution in [0, 0.1) is 0 Å². The van der Waals surface area contributed by atoms with Gasteiger partial charge in [-0.3, -0.25) is 9.59 Å². The Bertz CT molecular complexity index is 988. The molecular weight excluding hydrogens is 364 g/mol. The number of carbonyl (C=O) groups is 2. The van der Waals surface area contributed by atoms with Gasteiger partial charge in [0.1, 0.15) is 17.5 Å². The highest BCUT2D eigenvalue weighted by Gasteiger charge is 2.33. The third-order valence-corrected chi connectivity index (χ3v) is 5.00. The molecule has 2 amide bonds. The molecule has 2 N–H and O–H groups in total. The van der Waals surface area contributed by atoms with Crippen molar-refractivity contribution in [2.75, 3.05) is 0 Å². The zero-order valence-electron chi connectivity index (χ0n) is 16.1. The Balaban J connectivity index is 1.49. The molecule has 0 aliphatic carbocycles. The lowest BCUT2D eigenvalue weighted by molar-refractivity contribution is -0.129. The summed E-state index contributed by atoms with van der Waals surface area (Å²) >= 11 is 0. The number of para-hydroxylation sites is 2. The first-order chi connectivity index (χ1) is 14.1. The van der Waals surface area contributed by atoms with Crippen LogP contribution in [0.3, 0.4) is 0 Å². The van der Waals surface area contributed by atoms with Gasteiger partial charge in [-0.2, -0.15) is 0 Å². The zero-order valence-corrected chi connectivity index (χ0v) is 16.1. The van der Waals surface area contributed by atoms with Gasteiger partial charge < -0.3 is 15.4 Å². The molecule has 1 aliphatic rings. The zero-order chi connectivity index (χ0) is 20.2. The molecule has 4 rings (SSSR count). The summed E-state index contributed by atoms with van der Waals surface area (Å²) < 4.78 is 5.94. The van der Waals surface area contributed by atoms with Crippen LogP contribution in [0.5, 0.6) is 11.5 Å². The lowest BCUT2D eigenvalue weighted by atomic mass is 9.87. The van der Waals surface area contributed by atoms with Crippen LogP contribution in [-0.4, -0.2) is 17.9 Å². The molecule has 0 spiro atoms. The molecule has 0 aromatic heterocycles. The number of amides is 2. The number of fused-ring (bicyclic) bond motifs is 2. The first-order valence-electron chi connectivity index (χ1n) is 9.61. The molecule has 1 unspecified atom stereocenters. The van der Waals surface area contributed by atoms with Crippen molar-refractivity contribution < 1.29 is 14.3 Å². The topological polar surface area (TPSA) is 67.4 Å². The van der Waals surface area contributed by atoms with Crippen LogP contribution in [0.1, 0.15) is 29.5 Å². The van der Waals surface area contributed by atoms with E-state index in [1.807, 2.05) is 78.9 Å². The summed E-state index contributed by atoms with van der Waals surface area (Å²) in [6.07, 6.45) is 0. The van der Waals surface area contributed by atoms with Gasteiger partial charge in [0.15, 0.2) is 0 Å². The normalized spacial score (nSPS) is 13.4. The average Bonchev–Trinajstić information content (AvgIpc) is 2.76. The molecule has 0 saturated carbocycles. The van der Waals surface area contributed by atoms with Crippen LogP contribution in [-0.2, 0) is 16.1 Å². The van der Waals surface area contributed by atoms with E-state index >= 15 is 0 Å². The molecule has 0 radical (unpaired) electrons. The summed E-state index contributed by atoms with van der Waals surface area (Å²) in [5.41, 5.74) is 2.59. The largest absolute Gasteiger partial charge is 0.457 e. The predicted molar refractivity (Wildman–Crippen MR) is 111 cm³/mol. The molecular formula is C24H22N2O3. The lowest BCUT2D eigenvalue weighted by Crippen LogP contribution is -2.46. The van der Waals surface area contributed by atoms with Gasteiger partial charge in [-0.05, 0) is 24.6 Å². The molecule has 3 aromatic carbocycles. The van der Waals surface area contributed by atoms with Gasteiger partial charge in [0.05, 0.1) is 5.92 Å². The van der Waals surface area contributed by atoms with Crippen molar-refractivity contribution in [1.82, 2.24) is 10.6 Å². The molecule has 5 heteroatoms. The Morgan fingerprint density at radius 3 is 2.03 bits per heavy atom. The maximum absolute atomic E-state index is 13.2. The second-order valence-corrected chi connectivity index (χ2v) is 7.04. The van der Waals surface area contributed by atoms with E-state index < -0.39 is 12.0 Å². The number of benzene rings is 3. The smallest absolute Gasteiger partial charge is 0.242 e. The molecule has 1 heterocycles. The van der Waals surface area contributed by atoms with Gasteiger partial charge in [0.25, 0.3) is 0 Å². The van der Waals surface area contributed by atoms with E-state index in [9.17, 15) is 9.59 Å². The van der Waals surface area contributed by atoms with Crippen LogP contribution < -0.4 is 15.4 Å². The summed E-state index contributed by atoms with van der Waals surface area (Å²) in [4.78, 5) is 25.6. The number of ether oxygens (including phenoxy) is 1. The van der Waals surface area contributed by atoms with Crippen molar-refractivity contribution in [3.8, 4) is 11.5 Å². The van der Waals surface area contributed by atoms with Crippen molar-refractivity contribution >= 4 is 11.8 Å². The minimum atomic E-state index is -0.659. The van der Waals surface area contributed by atoms with Gasteiger partial charge in [-0.25, -0.2) is 0 Å². The van der Waals surface area contributed by atoms with Crippen LogP contribution in [0.15, 0.2) is 78.9 Å². The number of carbonyl (C=O) groups excluding carboxylic acids is 2. The highest BCUT2D eigenvalue weighted by molar-refractivity contribution is 5.93. The summed E-state index contributed by atoms with van der Waals surface area (Å²) in [5.74, 6) is 0.340. The van der Waals surface area contributed by atoms with E-state index in [1.165, 1.54) is 0 Å². The van der Waals surface area contributed by atoms with Gasteiger partial charge >= 0.3 is 0 Å². The van der Waals surface area contributed by atoms with Crippen molar-refractivity contribution in [2.45, 2.75) is 25.4 Å². The molecule has 0 fully saturated rings. The van der Waals surface area contributed by atoms with E-state index in [-0.39, 0.29) is 11.8 Å². The number of hydrogen-bond acceptors (Lipinski definition) is 3.